The van der Waals surface area contributed by atoms with Crippen LogP contribution in [-0.2, 0) is 13.1 Å². The number of nitrogens with zero attached hydrogens (tertiary/aromatic N) is 2. The number of benzene rings is 1. The van der Waals surface area contributed by atoms with Gasteiger partial charge in [0.15, 0.2) is 0 Å². The van der Waals surface area contributed by atoms with Crippen molar-refractivity contribution in [2.75, 3.05) is 6.61 Å². The first kappa shape index (κ1) is 13.6. The number of pyridine rings is 1. The van der Waals surface area contributed by atoms with Crippen LogP contribution >= 0.6 is 0 Å². The normalized spacial score (nSPS) is 11.0. The lowest BCUT2D eigenvalue weighted by Crippen LogP contribution is -2.07. The summed E-state index contributed by atoms with van der Waals surface area (Å²) in [6.07, 6.45) is 3.87. The average Bonchev–Trinajstić information content (AvgIpc) is 2.92. The van der Waals surface area contributed by atoms with Gasteiger partial charge in [-0.05, 0) is 36.8 Å². The molecule has 0 spiro atoms. The van der Waals surface area contributed by atoms with Crippen molar-refractivity contribution in [3.63, 3.8) is 0 Å². The smallest absolute Gasteiger partial charge is 0.128 e. The molecule has 2 heterocycles. The van der Waals surface area contributed by atoms with Crippen LogP contribution in [0.25, 0.3) is 10.9 Å². The Hall–Kier alpha value is -2.33. The number of hydrogen-bond acceptors (Lipinski definition) is 3. The fourth-order valence-electron chi connectivity index (χ4n) is 2.60. The third-order valence-corrected chi connectivity index (χ3v) is 3.59. The van der Waals surface area contributed by atoms with E-state index < -0.39 is 0 Å². The molecule has 2 N–H and O–H groups in total. The van der Waals surface area contributed by atoms with Gasteiger partial charge in [-0.2, -0.15) is 0 Å². The highest BCUT2D eigenvalue weighted by Gasteiger charge is 2.08. The minimum Gasteiger partial charge on any atom is -0.493 e. The zero-order valence-electron chi connectivity index (χ0n) is 12.1. The lowest BCUT2D eigenvalue weighted by Gasteiger charge is -2.10. The molecule has 0 bridgehead atoms. The van der Waals surface area contributed by atoms with Gasteiger partial charge in [0.2, 0.25) is 0 Å². The van der Waals surface area contributed by atoms with Crippen LogP contribution in [-0.4, -0.2) is 16.2 Å². The number of fused-ring (bicyclic) bond motifs is 1. The van der Waals surface area contributed by atoms with E-state index in [4.69, 9.17) is 10.5 Å². The quantitative estimate of drug-likeness (QED) is 0.782. The molecule has 2 aromatic heterocycles. The van der Waals surface area contributed by atoms with Gasteiger partial charge >= 0.3 is 0 Å². The summed E-state index contributed by atoms with van der Waals surface area (Å²) in [7, 11) is 0. The van der Waals surface area contributed by atoms with E-state index in [0.717, 1.165) is 34.5 Å². The molecule has 3 aromatic rings. The molecule has 0 fully saturated rings. The van der Waals surface area contributed by atoms with E-state index in [2.05, 4.69) is 33.9 Å². The van der Waals surface area contributed by atoms with E-state index in [9.17, 15) is 0 Å². The monoisotopic (exact) mass is 281 g/mol. The number of rotatable bonds is 5. The molecule has 0 radical (unpaired) electrons. The molecule has 4 heteroatoms. The van der Waals surface area contributed by atoms with Crippen molar-refractivity contribution in [1.82, 2.24) is 9.55 Å². The molecule has 0 saturated carbocycles. The predicted molar refractivity (Wildman–Crippen MR) is 84.3 cm³/mol. The fraction of sp³-hybridized carbons (Fsp3) is 0.235. The Morgan fingerprint density at radius 2 is 2.10 bits per heavy atom. The number of aromatic nitrogens is 2. The Kier molecular flexibility index (Phi) is 3.88. The number of ether oxygens (including phenoxy) is 1. The Morgan fingerprint density at radius 3 is 2.90 bits per heavy atom. The van der Waals surface area contributed by atoms with Gasteiger partial charge in [0, 0.05) is 30.9 Å². The molecular weight excluding hydrogens is 262 g/mol. The highest BCUT2D eigenvalue weighted by molar-refractivity contribution is 5.86. The molecule has 0 atom stereocenters. The summed E-state index contributed by atoms with van der Waals surface area (Å²) in [5.41, 5.74) is 9.02. The Labute approximate surface area is 124 Å². The molecule has 3 rings (SSSR count). The first-order valence-corrected chi connectivity index (χ1v) is 7.17. The van der Waals surface area contributed by atoms with Gasteiger partial charge in [0.1, 0.15) is 5.75 Å². The van der Waals surface area contributed by atoms with Crippen LogP contribution in [0.2, 0.25) is 0 Å². The van der Waals surface area contributed by atoms with Crippen molar-refractivity contribution < 1.29 is 4.74 Å². The first-order valence-electron chi connectivity index (χ1n) is 7.17. The molecule has 0 amide bonds. The molecule has 108 valence electrons. The summed E-state index contributed by atoms with van der Waals surface area (Å²) in [5.74, 6) is 0.930. The molecule has 21 heavy (non-hydrogen) atoms. The lowest BCUT2D eigenvalue weighted by molar-refractivity contribution is 0.344. The van der Waals surface area contributed by atoms with E-state index in [1.165, 1.54) is 0 Å². The third kappa shape index (κ3) is 2.62. The molecule has 0 aliphatic carbocycles. The highest BCUT2D eigenvalue weighted by Crippen LogP contribution is 2.27. The van der Waals surface area contributed by atoms with Crippen molar-refractivity contribution in [2.24, 2.45) is 5.73 Å². The van der Waals surface area contributed by atoms with Crippen LogP contribution in [0.4, 0.5) is 0 Å². The van der Waals surface area contributed by atoms with Gasteiger partial charge in [-0.15, -0.1) is 0 Å². The summed E-state index contributed by atoms with van der Waals surface area (Å²) in [5, 5.41) is 1.14. The lowest BCUT2D eigenvalue weighted by atomic mass is 10.2. The van der Waals surface area contributed by atoms with E-state index in [0.29, 0.717) is 13.2 Å². The minimum absolute atomic E-state index is 0.458. The zero-order chi connectivity index (χ0) is 14.7. The van der Waals surface area contributed by atoms with Crippen molar-refractivity contribution >= 4 is 10.9 Å². The molecule has 0 saturated heterocycles. The zero-order valence-corrected chi connectivity index (χ0v) is 12.1. The van der Waals surface area contributed by atoms with Gasteiger partial charge in [-0.3, -0.25) is 4.98 Å². The second-order valence-electron chi connectivity index (χ2n) is 4.88. The van der Waals surface area contributed by atoms with Crippen LogP contribution in [0, 0.1) is 0 Å². The maximum atomic E-state index is 5.76. The Morgan fingerprint density at radius 1 is 1.19 bits per heavy atom. The summed E-state index contributed by atoms with van der Waals surface area (Å²) < 4.78 is 7.88. The molecular formula is C17H19N3O. The minimum atomic E-state index is 0.458. The van der Waals surface area contributed by atoms with E-state index in [1.807, 2.05) is 25.1 Å². The van der Waals surface area contributed by atoms with E-state index >= 15 is 0 Å². The first-order chi connectivity index (χ1) is 10.3. The van der Waals surface area contributed by atoms with Gasteiger partial charge in [-0.25, -0.2) is 0 Å². The van der Waals surface area contributed by atoms with Crippen molar-refractivity contribution in [1.29, 1.82) is 0 Å². The van der Waals surface area contributed by atoms with Gasteiger partial charge in [0.25, 0.3) is 0 Å². The van der Waals surface area contributed by atoms with Crippen molar-refractivity contribution in [3.05, 3.63) is 60.0 Å². The van der Waals surface area contributed by atoms with Gasteiger partial charge < -0.3 is 15.0 Å². The largest absolute Gasteiger partial charge is 0.493 e. The topological polar surface area (TPSA) is 53.1 Å². The Bertz CT molecular complexity index is 749. The van der Waals surface area contributed by atoms with Crippen molar-refractivity contribution in [3.8, 4) is 5.75 Å². The van der Waals surface area contributed by atoms with Crippen LogP contribution in [0.3, 0.4) is 0 Å². The summed E-state index contributed by atoms with van der Waals surface area (Å²) >= 11 is 0. The second-order valence-corrected chi connectivity index (χ2v) is 4.88. The fourth-order valence-corrected chi connectivity index (χ4v) is 2.60. The molecule has 0 aliphatic heterocycles. The SMILES string of the molecule is CCOc1cccc2c1ccn2Cc1cccnc1CN. The van der Waals surface area contributed by atoms with E-state index in [-0.39, 0.29) is 0 Å². The summed E-state index contributed by atoms with van der Waals surface area (Å²) in [6.45, 7) is 3.89. The van der Waals surface area contributed by atoms with Gasteiger partial charge in [-0.1, -0.05) is 12.1 Å². The average molecular weight is 281 g/mol. The molecule has 4 nitrogen and oxygen atoms in total. The van der Waals surface area contributed by atoms with Crippen molar-refractivity contribution in [2.45, 2.75) is 20.0 Å². The summed E-state index contributed by atoms with van der Waals surface area (Å²) in [4.78, 5) is 4.34. The Balaban J connectivity index is 2.00. The van der Waals surface area contributed by atoms with Crippen LogP contribution in [0.15, 0.2) is 48.8 Å². The molecule has 0 aliphatic rings. The maximum absolute atomic E-state index is 5.76. The van der Waals surface area contributed by atoms with Crippen LogP contribution < -0.4 is 10.5 Å². The standard InChI is InChI=1S/C17H19N3O/c1-2-21-17-7-3-6-16-14(17)8-10-20(16)12-13-5-4-9-19-15(13)11-18/h3-10H,2,11-12,18H2,1H3. The molecule has 1 aromatic carbocycles. The maximum Gasteiger partial charge on any atom is 0.128 e. The third-order valence-electron chi connectivity index (χ3n) is 3.59. The van der Waals surface area contributed by atoms with Gasteiger partial charge in [0.05, 0.1) is 17.8 Å². The number of nitrogens with two attached hydrogens (primary N) is 1. The van der Waals surface area contributed by atoms with Crippen LogP contribution in [0.1, 0.15) is 18.2 Å². The summed E-state index contributed by atoms with van der Waals surface area (Å²) in [6, 6.07) is 12.3. The second kappa shape index (κ2) is 5.97. The number of hydrogen-bond donors (Lipinski definition) is 1. The highest BCUT2D eigenvalue weighted by atomic mass is 16.5. The molecule has 0 unspecified atom stereocenters. The van der Waals surface area contributed by atoms with E-state index in [1.54, 1.807) is 6.20 Å². The predicted octanol–water partition coefficient (Wildman–Crippen LogP) is 2.94. The van der Waals surface area contributed by atoms with Crippen LogP contribution in [0.5, 0.6) is 5.75 Å².